The first-order chi connectivity index (χ1) is 12.7. The number of unbranched alkanes of at least 4 members (excludes halogenated alkanes) is 3. The van der Waals surface area contributed by atoms with Crippen molar-refractivity contribution in [1.82, 2.24) is 0 Å². The van der Waals surface area contributed by atoms with E-state index in [1.807, 2.05) is 6.26 Å². The Balaban J connectivity index is 3.01. The quantitative estimate of drug-likeness (QED) is 0.189. The molecule has 0 saturated carbocycles. The monoisotopic (exact) mass is 466 g/mol. The van der Waals surface area contributed by atoms with Crippen molar-refractivity contribution >= 4 is 18.4 Å². The Morgan fingerprint density at radius 2 is 1.42 bits per heavy atom. The van der Waals surface area contributed by atoms with Crippen LogP contribution in [0.3, 0.4) is 0 Å². The fourth-order valence-electron chi connectivity index (χ4n) is 4.08. The van der Waals surface area contributed by atoms with Gasteiger partial charge in [-0.15, -0.1) is 0 Å². The molecule has 148 valence electrons. The molecule has 0 aliphatic rings. The third-order valence-corrected chi connectivity index (χ3v) is 22.3. The summed E-state index contributed by atoms with van der Waals surface area (Å²) < 4.78 is 11.6. The Bertz CT molecular complexity index is 447. The van der Waals surface area contributed by atoms with Crippen LogP contribution in [-0.4, -0.2) is 22.5 Å². The number of benzene rings is 1. The van der Waals surface area contributed by atoms with Gasteiger partial charge in [0.2, 0.25) is 0 Å². The Morgan fingerprint density at radius 1 is 0.885 bits per heavy atom. The molecule has 0 heterocycles. The minimum atomic E-state index is -2.36. The summed E-state index contributed by atoms with van der Waals surface area (Å²) in [6, 6.07) is 11.0. The van der Waals surface area contributed by atoms with Crippen molar-refractivity contribution in [3.05, 3.63) is 48.2 Å². The number of ether oxygens (including phenoxy) is 1. The van der Waals surface area contributed by atoms with E-state index in [1.54, 1.807) is 0 Å². The van der Waals surface area contributed by atoms with Crippen molar-refractivity contribution in [3.8, 4) is 0 Å². The van der Waals surface area contributed by atoms with Gasteiger partial charge in [-0.05, 0) is 0 Å². The van der Waals surface area contributed by atoms with Gasteiger partial charge >= 0.3 is 168 Å². The Hall–Kier alpha value is -0.441. The summed E-state index contributed by atoms with van der Waals surface area (Å²) in [5, 5.41) is 0. The van der Waals surface area contributed by atoms with E-state index < -0.39 is 18.4 Å². The van der Waals surface area contributed by atoms with Crippen molar-refractivity contribution in [2.45, 2.75) is 96.5 Å². The predicted molar refractivity (Wildman–Crippen MR) is 119 cm³/mol. The van der Waals surface area contributed by atoms with E-state index >= 15 is 0 Å². The average molecular weight is 465 g/mol. The molecule has 1 rings (SSSR count). The molecule has 1 aromatic rings. The van der Waals surface area contributed by atoms with Crippen molar-refractivity contribution in [2.75, 3.05) is 0 Å². The molecule has 2 heteroatoms. The third kappa shape index (κ3) is 8.50. The molecule has 26 heavy (non-hydrogen) atoms. The van der Waals surface area contributed by atoms with Gasteiger partial charge in [0.05, 0.1) is 0 Å². The number of allylic oxidation sites excluding steroid dienone is 1. The molecule has 0 aliphatic heterocycles. The summed E-state index contributed by atoms with van der Waals surface area (Å²) in [5.41, 5.74) is 1.46. The van der Waals surface area contributed by atoms with Crippen molar-refractivity contribution in [2.24, 2.45) is 0 Å². The molecule has 0 bridgehead atoms. The molecule has 0 radical (unpaired) electrons. The predicted octanol–water partition coefficient (Wildman–Crippen LogP) is 7.93. The van der Waals surface area contributed by atoms with Gasteiger partial charge < -0.3 is 0 Å². The Labute approximate surface area is 167 Å². The van der Waals surface area contributed by atoms with E-state index in [-0.39, 0.29) is 0 Å². The first-order valence-corrected chi connectivity index (χ1v) is 18.7. The van der Waals surface area contributed by atoms with E-state index in [2.05, 4.69) is 64.1 Å². The van der Waals surface area contributed by atoms with Crippen molar-refractivity contribution in [1.29, 1.82) is 0 Å². The average Bonchev–Trinajstić information content (AvgIpc) is 2.69. The molecular weight excluding hydrogens is 423 g/mol. The summed E-state index contributed by atoms with van der Waals surface area (Å²) in [6.45, 7) is 9.13. The van der Waals surface area contributed by atoms with Gasteiger partial charge in [-0.1, -0.05) is 0 Å². The normalized spacial score (nSPS) is 13.2. The van der Waals surface area contributed by atoms with Crippen LogP contribution in [0.2, 0.25) is 13.3 Å². The van der Waals surface area contributed by atoms with Crippen LogP contribution in [0.4, 0.5) is 0 Å². The zero-order valence-electron chi connectivity index (χ0n) is 17.8. The fourth-order valence-corrected chi connectivity index (χ4v) is 21.2. The van der Waals surface area contributed by atoms with Crippen LogP contribution in [-0.2, 0) is 11.2 Å². The first-order valence-electron chi connectivity index (χ1n) is 11.0. The van der Waals surface area contributed by atoms with Crippen LogP contribution in [0.1, 0.15) is 78.2 Å². The van der Waals surface area contributed by atoms with Gasteiger partial charge in [0.15, 0.2) is 0 Å². The maximum atomic E-state index is 6.48. The van der Waals surface area contributed by atoms with E-state index in [4.69, 9.17) is 4.74 Å². The zero-order valence-corrected chi connectivity index (χ0v) is 20.7. The molecule has 0 saturated heterocycles. The number of rotatable bonds is 15. The topological polar surface area (TPSA) is 9.23 Å². The summed E-state index contributed by atoms with van der Waals surface area (Å²) >= 11 is -2.36. The Kier molecular flexibility index (Phi) is 13.2. The molecule has 0 N–H and O–H groups in total. The van der Waals surface area contributed by atoms with Crippen LogP contribution in [0.15, 0.2) is 42.7 Å². The Morgan fingerprint density at radius 3 is 1.88 bits per heavy atom. The molecule has 0 aliphatic carbocycles. The second-order valence-corrected chi connectivity index (χ2v) is 21.7. The van der Waals surface area contributed by atoms with Gasteiger partial charge in [-0.25, -0.2) is 0 Å². The second-order valence-electron chi connectivity index (χ2n) is 7.79. The molecule has 1 nitrogen and oxygen atoms in total. The van der Waals surface area contributed by atoms with Crippen molar-refractivity contribution in [3.63, 3.8) is 0 Å². The van der Waals surface area contributed by atoms with Crippen LogP contribution in [0.5, 0.6) is 0 Å². The molecule has 0 unspecified atom stereocenters. The van der Waals surface area contributed by atoms with Crippen LogP contribution in [0, 0.1) is 0 Å². The van der Waals surface area contributed by atoms with E-state index in [0.29, 0.717) is 4.12 Å². The number of aryl methyl sites for hydroxylation is 1. The minimum absolute atomic E-state index is 0.533. The van der Waals surface area contributed by atoms with Crippen LogP contribution in [0.25, 0.3) is 0 Å². The third-order valence-electron chi connectivity index (χ3n) is 5.68. The SMILES string of the molecule is C/C=C/O[C@@H](CCc1ccccc1)[Sn]([CH2]CCC)([CH2]CCC)[CH2]CCC. The molecule has 0 fully saturated rings. The van der Waals surface area contributed by atoms with E-state index in [9.17, 15) is 0 Å². The van der Waals surface area contributed by atoms with Crippen LogP contribution < -0.4 is 0 Å². The van der Waals surface area contributed by atoms with Crippen molar-refractivity contribution < 1.29 is 4.74 Å². The molecule has 1 aromatic carbocycles. The van der Waals surface area contributed by atoms with E-state index in [1.165, 1.54) is 63.8 Å². The zero-order chi connectivity index (χ0) is 19.1. The number of hydrogen-bond donors (Lipinski definition) is 0. The fraction of sp³-hybridized carbons (Fsp3) is 0.667. The van der Waals surface area contributed by atoms with Gasteiger partial charge in [-0.3, -0.25) is 0 Å². The summed E-state index contributed by atoms with van der Waals surface area (Å²) in [4.78, 5) is 0. The van der Waals surface area contributed by atoms with E-state index in [0.717, 1.165) is 6.42 Å². The summed E-state index contributed by atoms with van der Waals surface area (Å²) in [6.07, 6.45) is 14.6. The second kappa shape index (κ2) is 14.6. The molecule has 0 amide bonds. The number of hydrogen-bond acceptors (Lipinski definition) is 1. The molecule has 0 spiro atoms. The summed E-state index contributed by atoms with van der Waals surface area (Å²) in [5.74, 6) is 0. The maximum absolute atomic E-state index is 6.48. The first kappa shape index (κ1) is 23.6. The van der Waals surface area contributed by atoms with Gasteiger partial charge in [-0.2, -0.15) is 0 Å². The molecular formula is C24H42OSn. The summed E-state index contributed by atoms with van der Waals surface area (Å²) in [7, 11) is 0. The molecule has 1 atom stereocenters. The van der Waals surface area contributed by atoms with Gasteiger partial charge in [0.1, 0.15) is 0 Å². The van der Waals surface area contributed by atoms with Gasteiger partial charge in [0, 0.05) is 0 Å². The van der Waals surface area contributed by atoms with Crippen LogP contribution >= 0.6 is 0 Å². The molecule has 0 aromatic heterocycles. The standard InChI is InChI=1S/C12H15O.3C4H9.Sn/c1-2-10-13-11-6-9-12-7-4-3-5-8-12;3*1-3-4-2;/h2-5,7-8,10-11H,6,9H2,1H3;3*1,3-4H2,2H3;/b10-2+;;;;. The van der Waals surface area contributed by atoms with Gasteiger partial charge in [0.25, 0.3) is 0 Å².